The molecule has 15 heavy (non-hydrogen) atoms. The Morgan fingerprint density at radius 3 is 2.47 bits per heavy atom. The number of aliphatic carboxylic acids is 1. The molecule has 0 aliphatic heterocycles. The molecule has 0 atom stereocenters. The van der Waals surface area contributed by atoms with Crippen LogP contribution in [-0.2, 0) is 9.59 Å². The van der Waals surface area contributed by atoms with Gasteiger partial charge in [0.2, 0.25) is 11.6 Å². The van der Waals surface area contributed by atoms with E-state index in [0.29, 0.717) is 4.88 Å². The van der Waals surface area contributed by atoms with E-state index in [0.717, 1.165) is 15.8 Å². The summed E-state index contributed by atoms with van der Waals surface area (Å²) in [5.41, 5.74) is 0. The van der Waals surface area contributed by atoms with Crippen molar-refractivity contribution in [1.29, 1.82) is 0 Å². The molecule has 1 heterocycles. The predicted molar refractivity (Wildman–Crippen MR) is 58.2 cm³/mol. The summed E-state index contributed by atoms with van der Waals surface area (Å²) in [6.45, 7) is 0. The van der Waals surface area contributed by atoms with E-state index in [1.54, 1.807) is 11.4 Å². The van der Waals surface area contributed by atoms with E-state index in [1.807, 2.05) is 0 Å². The van der Waals surface area contributed by atoms with Gasteiger partial charge in [-0.1, -0.05) is 0 Å². The minimum absolute atomic E-state index is 0.246. The van der Waals surface area contributed by atoms with Crippen molar-refractivity contribution in [3.63, 3.8) is 0 Å². The molecule has 0 bridgehead atoms. The number of hydrogen-bond acceptors (Lipinski definition) is 4. The van der Waals surface area contributed by atoms with Gasteiger partial charge in [-0.3, -0.25) is 14.4 Å². The Balaban J connectivity index is 2.61. The highest BCUT2D eigenvalue weighted by Crippen LogP contribution is 2.20. The molecule has 1 aromatic heterocycles. The second-order valence-electron chi connectivity index (χ2n) is 2.78. The number of carbonyl (C=O) groups excluding carboxylic acids is 2. The van der Waals surface area contributed by atoms with Crippen LogP contribution in [0.25, 0.3) is 0 Å². The fourth-order valence-electron chi connectivity index (χ4n) is 0.904. The van der Waals surface area contributed by atoms with Crippen molar-refractivity contribution < 1.29 is 19.5 Å². The number of rotatable bonds is 5. The Kier molecular flexibility index (Phi) is 4.16. The van der Waals surface area contributed by atoms with E-state index in [-0.39, 0.29) is 12.8 Å². The summed E-state index contributed by atoms with van der Waals surface area (Å²) >= 11 is 4.32. The van der Waals surface area contributed by atoms with E-state index in [4.69, 9.17) is 5.11 Å². The Bertz CT molecular complexity index is 410. The van der Waals surface area contributed by atoms with E-state index < -0.39 is 17.5 Å². The van der Waals surface area contributed by atoms with Gasteiger partial charge in [0.1, 0.15) is 0 Å². The average Bonchev–Trinajstić information content (AvgIpc) is 2.60. The molecule has 0 amide bonds. The van der Waals surface area contributed by atoms with Crippen LogP contribution in [0, 0.1) is 0 Å². The van der Waals surface area contributed by atoms with Gasteiger partial charge in [-0.05, 0) is 22.0 Å². The smallest absolute Gasteiger partial charge is 0.303 e. The molecule has 80 valence electrons. The van der Waals surface area contributed by atoms with Crippen LogP contribution >= 0.6 is 27.3 Å². The molecule has 0 unspecified atom stereocenters. The van der Waals surface area contributed by atoms with Crippen LogP contribution in [0.3, 0.4) is 0 Å². The zero-order valence-corrected chi connectivity index (χ0v) is 9.93. The fourth-order valence-corrected chi connectivity index (χ4v) is 2.29. The third-order valence-corrected chi connectivity index (χ3v) is 3.30. The van der Waals surface area contributed by atoms with Crippen LogP contribution in [0.1, 0.15) is 22.5 Å². The molecule has 1 N–H and O–H groups in total. The standard InChI is InChI=1S/C9H7BrO4S/c10-5-3-7(15-4-5)9(14)6(11)1-2-8(12)13/h3-4H,1-2H2,(H,12,13). The second-order valence-corrected chi connectivity index (χ2v) is 4.60. The van der Waals surface area contributed by atoms with Gasteiger partial charge in [-0.2, -0.15) is 0 Å². The number of carboxylic acid groups (broad SMARTS) is 1. The predicted octanol–water partition coefficient (Wildman–Crippen LogP) is 2.13. The van der Waals surface area contributed by atoms with E-state index in [2.05, 4.69) is 15.9 Å². The molecule has 4 nitrogen and oxygen atoms in total. The van der Waals surface area contributed by atoms with Crippen LogP contribution in [0.4, 0.5) is 0 Å². The number of carboxylic acids is 1. The molecule has 0 aliphatic carbocycles. The third-order valence-electron chi connectivity index (χ3n) is 1.61. The second kappa shape index (κ2) is 5.18. The van der Waals surface area contributed by atoms with Crippen molar-refractivity contribution in [2.75, 3.05) is 0 Å². The molecule has 0 fully saturated rings. The Labute approximate surface area is 98.0 Å². The Morgan fingerprint density at radius 2 is 2.00 bits per heavy atom. The van der Waals surface area contributed by atoms with E-state index >= 15 is 0 Å². The van der Waals surface area contributed by atoms with Crippen molar-refractivity contribution >= 4 is 44.8 Å². The van der Waals surface area contributed by atoms with Crippen molar-refractivity contribution in [3.05, 3.63) is 20.8 Å². The average molecular weight is 291 g/mol. The van der Waals surface area contributed by atoms with Gasteiger partial charge in [0.15, 0.2) is 0 Å². The largest absolute Gasteiger partial charge is 0.481 e. The highest BCUT2D eigenvalue weighted by Gasteiger charge is 2.18. The lowest BCUT2D eigenvalue weighted by Crippen LogP contribution is -2.14. The summed E-state index contributed by atoms with van der Waals surface area (Å²) in [4.78, 5) is 33.2. The topological polar surface area (TPSA) is 71.4 Å². The quantitative estimate of drug-likeness (QED) is 0.666. The molecule has 1 rings (SSSR count). The normalized spacial score (nSPS) is 9.93. The van der Waals surface area contributed by atoms with Crippen molar-refractivity contribution in [2.45, 2.75) is 12.8 Å². The van der Waals surface area contributed by atoms with Crippen molar-refractivity contribution in [1.82, 2.24) is 0 Å². The first kappa shape index (κ1) is 12.1. The number of hydrogen-bond donors (Lipinski definition) is 1. The van der Waals surface area contributed by atoms with Gasteiger partial charge < -0.3 is 5.11 Å². The summed E-state index contributed by atoms with van der Waals surface area (Å²) in [7, 11) is 0. The molecular weight excluding hydrogens is 284 g/mol. The molecule has 0 spiro atoms. The number of thiophene rings is 1. The molecule has 0 aromatic carbocycles. The fraction of sp³-hybridized carbons (Fsp3) is 0.222. The van der Waals surface area contributed by atoms with Crippen LogP contribution in [-0.4, -0.2) is 22.6 Å². The Hall–Kier alpha value is -1.01. The van der Waals surface area contributed by atoms with Crippen LogP contribution in [0.2, 0.25) is 0 Å². The van der Waals surface area contributed by atoms with Gasteiger partial charge in [-0.25, -0.2) is 0 Å². The third kappa shape index (κ3) is 3.56. The highest BCUT2D eigenvalue weighted by molar-refractivity contribution is 9.10. The van der Waals surface area contributed by atoms with Gasteiger partial charge in [0.05, 0.1) is 11.3 Å². The monoisotopic (exact) mass is 290 g/mol. The first-order chi connectivity index (χ1) is 7.00. The number of halogens is 1. The van der Waals surface area contributed by atoms with Crippen LogP contribution in [0.5, 0.6) is 0 Å². The van der Waals surface area contributed by atoms with Gasteiger partial charge in [-0.15, -0.1) is 11.3 Å². The van der Waals surface area contributed by atoms with Gasteiger partial charge in [0, 0.05) is 16.3 Å². The lowest BCUT2D eigenvalue weighted by molar-refractivity contribution is -0.138. The highest BCUT2D eigenvalue weighted by atomic mass is 79.9. The zero-order valence-electron chi connectivity index (χ0n) is 7.53. The van der Waals surface area contributed by atoms with E-state index in [9.17, 15) is 14.4 Å². The Morgan fingerprint density at radius 1 is 1.33 bits per heavy atom. The summed E-state index contributed by atoms with van der Waals surface area (Å²) < 4.78 is 0.738. The maximum absolute atomic E-state index is 11.4. The number of carbonyl (C=O) groups is 3. The minimum atomic E-state index is -1.08. The molecule has 0 saturated carbocycles. The molecule has 1 aromatic rings. The van der Waals surface area contributed by atoms with E-state index in [1.165, 1.54) is 0 Å². The SMILES string of the molecule is O=C(O)CCC(=O)C(=O)c1cc(Br)cs1. The minimum Gasteiger partial charge on any atom is -0.481 e. The molecule has 0 saturated heterocycles. The van der Waals surface area contributed by atoms with Crippen molar-refractivity contribution in [3.8, 4) is 0 Å². The number of Topliss-reactive ketones (excluding diaryl/α,β-unsaturated/α-hetero) is 2. The van der Waals surface area contributed by atoms with Gasteiger partial charge in [0.25, 0.3) is 0 Å². The van der Waals surface area contributed by atoms with Crippen LogP contribution < -0.4 is 0 Å². The summed E-state index contributed by atoms with van der Waals surface area (Å²) in [5, 5.41) is 10.0. The molecule has 0 radical (unpaired) electrons. The zero-order chi connectivity index (χ0) is 11.4. The summed E-state index contributed by atoms with van der Waals surface area (Å²) in [6, 6.07) is 1.55. The maximum atomic E-state index is 11.4. The summed E-state index contributed by atoms with van der Waals surface area (Å²) in [6.07, 6.45) is -0.555. The van der Waals surface area contributed by atoms with Gasteiger partial charge >= 0.3 is 5.97 Å². The molecule has 0 aliphatic rings. The first-order valence-corrected chi connectivity index (χ1v) is 5.71. The maximum Gasteiger partial charge on any atom is 0.303 e. The lowest BCUT2D eigenvalue weighted by Gasteiger charge is -1.94. The molecular formula is C9H7BrO4S. The lowest BCUT2D eigenvalue weighted by atomic mass is 10.1. The molecule has 6 heteroatoms. The summed E-state index contributed by atoms with van der Waals surface area (Å²) in [5.74, 6) is -2.36. The number of ketones is 2. The van der Waals surface area contributed by atoms with Crippen LogP contribution in [0.15, 0.2) is 15.9 Å². The first-order valence-electron chi connectivity index (χ1n) is 4.04. The van der Waals surface area contributed by atoms with Crippen molar-refractivity contribution in [2.24, 2.45) is 0 Å².